The molecule has 4 nitrogen and oxygen atoms in total. The van der Waals surface area contributed by atoms with E-state index in [1.165, 1.54) is 12.0 Å². The van der Waals surface area contributed by atoms with Crippen LogP contribution in [0, 0.1) is 5.41 Å². The van der Waals surface area contributed by atoms with Crippen molar-refractivity contribution in [3.8, 4) is 5.75 Å². The molecule has 0 bridgehead atoms. The molecule has 1 heterocycles. The summed E-state index contributed by atoms with van der Waals surface area (Å²) >= 11 is 3.52. The Hall–Kier alpha value is -0.500. The second-order valence-corrected chi connectivity index (χ2v) is 7.06. The summed E-state index contributed by atoms with van der Waals surface area (Å²) in [5.74, 6) is 1.83. The SMILES string of the molecule is CN=C(NCc1ccc(OC)c(Br)c1)N1CCC(C)(C)C1.I. The molecule has 2 rings (SSSR count). The third-order valence-electron chi connectivity index (χ3n) is 3.86. The lowest BCUT2D eigenvalue weighted by molar-refractivity contribution is 0.370. The maximum absolute atomic E-state index is 5.25. The molecule has 0 amide bonds. The molecular formula is C16H25BrIN3O. The molecule has 124 valence electrons. The molecule has 1 aliphatic rings. The Bertz CT molecular complexity index is 534. The summed E-state index contributed by atoms with van der Waals surface area (Å²) in [6.07, 6.45) is 1.21. The minimum absolute atomic E-state index is 0. The van der Waals surface area contributed by atoms with Crippen LogP contribution in [-0.2, 0) is 6.54 Å². The lowest BCUT2D eigenvalue weighted by Crippen LogP contribution is -2.40. The molecule has 1 aliphatic heterocycles. The highest BCUT2D eigenvalue weighted by atomic mass is 127. The largest absolute Gasteiger partial charge is 0.496 e. The second-order valence-electron chi connectivity index (χ2n) is 6.21. The quantitative estimate of drug-likeness (QED) is 0.404. The number of nitrogens with zero attached hydrogens (tertiary/aromatic N) is 2. The first-order chi connectivity index (χ1) is 9.95. The standard InChI is InChI=1S/C16H24BrN3O.HI/c1-16(2)7-8-20(11-16)15(18-3)19-10-12-5-6-14(21-4)13(17)9-12;/h5-6,9H,7-8,10-11H2,1-4H3,(H,18,19);1H. The third kappa shape index (κ3) is 5.01. The molecule has 1 fully saturated rings. The Labute approximate surface area is 158 Å². The summed E-state index contributed by atoms with van der Waals surface area (Å²) < 4.78 is 6.23. The number of rotatable bonds is 3. The number of likely N-dealkylation sites (tertiary alicyclic amines) is 1. The number of nitrogens with one attached hydrogen (secondary N) is 1. The molecule has 1 N–H and O–H groups in total. The van der Waals surface area contributed by atoms with Gasteiger partial charge in [0, 0.05) is 26.7 Å². The van der Waals surface area contributed by atoms with E-state index in [0.29, 0.717) is 5.41 Å². The highest BCUT2D eigenvalue weighted by molar-refractivity contribution is 14.0. The molecule has 0 atom stereocenters. The lowest BCUT2D eigenvalue weighted by Gasteiger charge is -2.23. The third-order valence-corrected chi connectivity index (χ3v) is 4.48. The second kappa shape index (κ2) is 8.38. The monoisotopic (exact) mass is 481 g/mol. The van der Waals surface area contributed by atoms with Crippen molar-refractivity contribution in [1.29, 1.82) is 0 Å². The van der Waals surface area contributed by atoms with E-state index in [0.717, 1.165) is 35.8 Å². The van der Waals surface area contributed by atoms with E-state index in [1.54, 1.807) is 7.11 Å². The van der Waals surface area contributed by atoms with Gasteiger partial charge in [-0.15, -0.1) is 24.0 Å². The van der Waals surface area contributed by atoms with Crippen molar-refractivity contribution in [2.45, 2.75) is 26.8 Å². The predicted molar refractivity (Wildman–Crippen MR) is 106 cm³/mol. The first-order valence-corrected chi connectivity index (χ1v) is 8.02. The fourth-order valence-electron chi connectivity index (χ4n) is 2.63. The van der Waals surface area contributed by atoms with Gasteiger partial charge < -0.3 is 15.0 Å². The first-order valence-electron chi connectivity index (χ1n) is 7.23. The molecule has 0 radical (unpaired) electrons. The van der Waals surface area contributed by atoms with E-state index < -0.39 is 0 Å². The summed E-state index contributed by atoms with van der Waals surface area (Å²) in [7, 11) is 3.52. The number of benzene rings is 1. The molecule has 6 heteroatoms. The summed E-state index contributed by atoms with van der Waals surface area (Å²) in [4.78, 5) is 6.73. The Morgan fingerprint density at radius 1 is 1.45 bits per heavy atom. The van der Waals surface area contributed by atoms with E-state index in [9.17, 15) is 0 Å². The highest BCUT2D eigenvalue weighted by Crippen LogP contribution is 2.29. The molecular weight excluding hydrogens is 457 g/mol. The molecule has 0 spiro atoms. The van der Waals surface area contributed by atoms with Crippen molar-refractivity contribution >= 4 is 45.9 Å². The van der Waals surface area contributed by atoms with Gasteiger partial charge in [-0.05, 0) is 45.5 Å². The Morgan fingerprint density at radius 2 is 2.18 bits per heavy atom. The predicted octanol–water partition coefficient (Wildman–Crippen LogP) is 3.88. The van der Waals surface area contributed by atoms with Crippen LogP contribution >= 0.6 is 39.9 Å². The minimum atomic E-state index is 0. The van der Waals surface area contributed by atoms with Gasteiger partial charge in [-0.2, -0.15) is 0 Å². The molecule has 1 saturated heterocycles. The fourth-order valence-corrected chi connectivity index (χ4v) is 3.21. The van der Waals surface area contributed by atoms with Crippen molar-refractivity contribution in [1.82, 2.24) is 10.2 Å². The van der Waals surface area contributed by atoms with Crippen molar-refractivity contribution in [3.05, 3.63) is 28.2 Å². The molecule has 22 heavy (non-hydrogen) atoms. The van der Waals surface area contributed by atoms with Crippen molar-refractivity contribution in [2.24, 2.45) is 10.4 Å². The van der Waals surface area contributed by atoms with Gasteiger partial charge in [-0.25, -0.2) is 0 Å². The number of guanidine groups is 1. The van der Waals surface area contributed by atoms with E-state index in [1.807, 2.05) is 13.1 Å². The number of halogens is 2. The van der Waals surface area contributed by atoms with Crippen LogP contribution in [-0.4, -0.2) is 38.1 Å². The van der Waals surface area contributed by atoms with Crippen LogP contribution in [0.1, 0.15) is 25.8 Å². The minimum Gasteiger partial charge on any atom is -0.496 e. The maximum atomic E-state index is 5.25. The molecule has 0 saturated carbocycles. The summed E-state index contributed by atoms with van der Waals surface area (Å²) in [5.41, 5.74) is 1.57. The molecule has 1 aromatic carbocycles. The van der Waals surface area contributed by atoms with Crippen molar-refractivity contribution in [3.63, 3.8) is 0 Å². The number of aliphatic imine (C=N–C) groups is 1. The average molecular weight is 482 g/mol. The van der Waals surface area contributed by atoms with E-state index in [4.69, 9.17) is 4.74 Å². The lowest BCUT2D eigenvalue weighted by atomic mass is 9.93. The smallest absolute Gasteiger partial charge is 0.193 e. The zero-order valence-electron chi connectivity index (χ0n) is 13.6. The maximum Gasteiger partial charge on any atom is 0.193 e. The van der Waals surface area contributed by atoms with Gasteiger partial charge in [0.2, 0.25) is 0 Å². The van der Waals surface area contributed by atoms with Crippen LogP contribution in [0.3, 0.4) is 0 Å². The Kier molecular flexibility index (Phi) is 7.45. The number of ether oxygens (including phenoxy) is 1. The van der Waals surface area contributed by atoms with Gasteiger partial charge in [0.15, 0.2) is 5.96 Å². The summed E-state index contributed by atoms with van der Waals surface area (Å²) in [5, 5.41) is 3.44. The van der Waals surface area contributed by atoms with Gasteiger partial charge in [0.25, 0.3) is 0 Å². The van der Waals surface area contributed by atoms with Gasteiger partial charge in [0.1, 0.15) is 5.75 Å². The molecule has 0 unspecified atom stereocenters. The molecule has 1 aromatic rings. The zero-order valence-corrected chi connectivity index (χ0v) is 17.6. The number of hydrogen-bond acceptors (Lipinski definition) is 2. The van der Waals surface area contributed by atoms with Gasteiger partial charge in [0.05, 0.1) is 11.6 Å². The first kappa shape index (κ1) is 19.5. The Morgan fingerprint density at radius 3 is 2.68 bits per heavy atom. The van der Waals surface area contributed by atoms with E-state index >= 15 is 0 Å². The van der Waals surface area contributed by atoms with Crippen LogP contribution in [0.15, 0.2) is 27.7 Å². The van der Waals surface area contributed by atoms with Crippen LogP contribution in [0.4, 0.5) is 0 Å². The normalized spacial score (nSPS) is 17.1. The van der Waals surface area contributed by atoms with Gasteiger partial charge in [-0.3, -0.25) is 4.99 Å². The fraction of sp³-hybridized carbons (Fsp3) is 0.562. The summed E-state index contributed by atoms with van der Waals surface area (Å²) in [6, 6.07) is 6.12. The van der Waals surface area contributed by atoms with Crippen LogP contribution in [0.25, 0.3) is 0 Å². The highest BCUT2D eigenvalue weighted by Gasteiger charge is 2.30. The summed E-state index contributed by atoms with van der Waals surface area (Å²) in [6.45, 7) is 7.49. The molecule has 0 aromatic heterocycles. The van der Waals surface area contributed by atoms with Crippen molar-refractivity contribution in [2.75, 3.05) is 27.2 Å². The number of methoxy groups -OCH3 is 1. The molecule has 0 aliphatic carbocycles. The average Bonchev–Trinajstić information content (AvgIpc) is 2.80. The number of hydrogen-bond donors (Lipinski definition) is 1. The van der Waals surface area contributed by atoms with E-state index in [-0.39, 0.29) is 24.0 Å². The van der Waals surface area contributed by atoms with Gasteiger partial charge in [-0.1, -0.05) is 19.9 Å². The zero-order chi connectivity index (χ0) is 15.5. The topological polar surface area (TPSA) is 36.9 Å². The van der Waals surface area contributed by atoms with Crippen molar-refractivity contribution < 1.29 is 4.74 Å². The van der Waals surface area contributed by atoms with Crippen LogP contribution in [0.2, 0.25) is 0 Å². The van der Waals surface area contributed by atoms with Gasteiger partial charge >= 0.3 is 0 Å². The Balaban J connectivity index is 0.00000242. The van der Waals surface area contributed by atoms with Crippen LogP contribution in [0.5, 0.6) is 5.75 Å². The van der Waals surface area contributed by atoms with Crippen LogP contribution < -0.4 is 10.1 Å². The van der Waals surface area contributed by atoms with E-state index in [2.05, 4.69) is 57.1 Å².